The van der Waals surface area contributed by atoms with Crippen molar-refractivity contribution < 1.29 is 9.90 Å². The maximum absolute atomic E-state index is 12.9. The highest BCUT2D eigenvalue weighted by Gasteiger charge is 2.13. The molecule has 0 radical (unpaired) electrons. The summed E-state index contributed by atoms with van der Waals surface area (Å²) in [5, 5.41) is 12.2. The van der Waals surface area contributed by atoms with Crippen LogP contribution in [0.15, 0.2) is 59.4 Å². The number of hydrogen-bond acceptors (Lipinski definition) is 3. The fraction of sp³-hybridized carbons (Fsp3) is 0.100. The minimum atomic E-state index is -1.06. The Kier molecular flexibility index (Phi) is 3.51. The van der Waals surface area contributed by atoms with Gasteiger partial charge in [0.05, 0.1) is 5.52 Å². The molecule has 4 aromatic rings. The Labute approximate surface area is 142 Å². The molecule has 1 atom stereocenters. The Morgan fingerprint density at radius 3 is 2.40 bits per heavy atom. The smallest absolute Gasteiger partial charge is 0.320 e. The average Bonchev–Trinajstić information content (AvgIpc) is 2.61. The van der Waals surface area contributed by atoms with E-state index < -0.39 is 12.0 Å². The lowest BCUT2D eigenvalue weighted by atomic mass is 10.0. The fourth-order valence-electron chi connectivity index (χ4n) is 3.18. The molecule has 0 saturated heterocycles. The number of aliphatic carboxylic acids is 1. The minimum absolute atomic E-state index is 0.0692. The van der Waals surface area contributed by atoms with Gasteiger partial charge < -0.3 is 15.8 Å². The maximum Gasteiger partial charge on any atom is 0.320 e. The second kappa shape index (κ2) is 5.72. The van der Waals surface area contributed by atoms with Gasteiger partial charge in [-0.2, -0.15) is 0 Å². The van der Waals surface area contributed by atoms with E-state index in [0.29, 0.717) is 10.8 Å². The number of rotatable bonds is 3. The third-order valence-corrected chi connectivity index (χ3v) is 4.50. The van der Waals surface area contributed by atoms with E-state index >= 15 is 0 Å². The van der Waals surface area contributed by atoms with Crippen molar-refractivity contribution in [2.45, 2.75) is 12.5 Å². The molecule has 0 unspecified atom stereocenters. The van der Waals surface area contributed by atoms with Gasteiger partial charge in [-0.1, -0.05) is 30.3 Å². The highest BCUT2D eigenvalue weighted by molar-refractivity contribution is 6.00. The SMILES string of the molecule is N[C@@H](Cc1ccc2[nH]c3cc4ccccc4cc3c(=O)c2c1)C(=O)O. The number of aromatic amines is 1. The molecule has 0 fully saturated rings. The highest BCUT2D eigenvalue weighted by Crippen LogP contribution is 2.22. The molecule has 0 aliphatic rings. The van der Waals surface area contributed by atoms with Crippen LogP contribution in [-0.2, 0) is 11.2 Å². The first-order valence-electron chi connectivity index (χ1n) is 7.99. The van der Waals surface area contributed by atoms with Crippen molar-refractivity contribution in [2.75, 3.05) is 0 Å². The lowest BCUT2D eigenvalue weighted by Crippen LogP contribution is -2.32. The van der Waals surface area contributed by atoms with Gasteiger partial charge in [0, 0.05) is 16.3 Å². The van der Waals surface area contributed by atoms with Crippen LogP contribution in [0.3, 0.4) is 0 Å². The third kappa shape index (κ3) is 2.64. The molecule has 0 saturated carbocycles. The van der Waals surface area contributed by atoms with Crippen LogP contribution in [0.25, 0.3) is 32.6 Å². The predicted molar refractivity (Wildman–Crippen MR) is 98.9 cm³/mol. The first-order chi connectivity index (χ1) is 12.0. The quantitative estimate of drug-likeness (QED) is 0.503. The number of carbonyl (C=O) groups is 1. The summed E-state index contributed by atoms with van der Waals surface area (Å²) in [6, 6.07) is 16.1. The number of carboxylic acids is 1. The summed E-state index contributed by atoms with van der Waals surface area (Å²) in [7, 11) is 0. The Hall–Kier alpha value is -3.18. The molecule has 4 N–H and O–H groups in total. The Morgan fingerprint density at radius 1 is 1.00 bits per heavy atom. The predicted octanol–water partition coefficient (Wildman–Crippen LogP) is 2.79. The number of hydrogen-bond donors (Lipinski definition) is 3. The zero-order valence-corrected chi connectivity index (χ0v) is 13.3. The lowest BCUT2D eigenvalue weighted by Gasteiger charge is -2.09. The highest BCUT2D eigenvalue weighted by atomic mass is 16.4. The Bertz CT molecular complexity index is 1190. The number of pyridine rings is 1. The first-order valence-corrected chi connectivity index (χ1v) is 7.99. The van der Waals surface area contributed by atoms with Crippen LogP contribution in [0.5, 0.6) is 0 Å². The summed E-state index contributed by atoms with van der Waals surface area (Å²) in [6.07, 6.45) is 0.181. The fourth-order valence-corrected chi connectivity index (χ4v) is 3.18. The van der Waals surface area contributed by atoms with Crippen molar-refractivity contribution in [1.29, 1.82) is 0 Å². The van der Waals surface area contributed by atoms with Crippen LogP contribution in [0.1, 0.15) is 5.56 Å². The van der Waals surface area contributed by atoms with Gasteiger partial charge in [0.25, 0.3) is 0 Å². The van der Waals surface area contributed by atoms with E-state index in [0.717, 1.165) is 27.4 Å². The molecule has 1 heterocycles. The molecule has 25 heavy (non-hydrogen) atoms. The zero-order valence-electron chi connectivity index (χ0n) is 13.3. The first kappa shape index (κ1) is 15.4. The van der Waals surface area contributed by atoms with Crippen molar-refractivity contribution in [3.05, 3.63) is 70.4 Å². The molecule has 5 nitrogen and oxygen atoms in total. The van der Waals surface area contributed by atoms with E-state index in [1.165, 1.54) is 0 Å². The monoisotopic (exact) mass is 332 g/mol. The second-order valence-corrected chi connectivity index (χ2v) is 6.23. The van der Waals surface area contributed by atoms with Gasteiger partial charge in [0.2, 0.25) is 0 Å². The number of carboxylic acid groups (broad SMARTS) is 1. The van der Waals surface area contributed by atoms with E-state index in [9.17, 15) is 9.59 Å². The van der Waals surface area contributed by atoms with Gasteiger partial charge in [0.1, 0.15) is 6.04 Å². The standard InChI is InChI=1S/C20H16N2O3/c21-16(20(24)25)8-11-5-6-17-14(7-11)19(23)15-9-12-3-1-2-4-13(12)10-18(15)22-17/h1-7,9-10,16H,8,21H2,(H,22,23)(H,24,25)/t16-/m0/s1. The molecule has 0 aliphatic heterocycles. The van der Waals surface area contributed by atoms with E-state index in [1.54, 1.807) is 18.2 Å². The third-order valence-electron chi connectivity index (χ3n) is 4.50. The molecule has 1 aromatic heterocycles. The number of fused-ring (bicyclic) bond motifs is 3. The number of aromatic nitrogens is 1. The Balaban J connectivity index is 1.94. The van der Waals surface area contributed by atoms with Crippen LogP contribution < -0.4 is 11.2 Å². The maximum atomic E-state index is 12.9. The Morgan fingerprint density at radius 2 is 1.68 bits per heavy atom. The minimum Gasteiger partial charge on any atom is -0.480 e. The van der Waals surface area contributed by atoms with Crippen LogP contribution in [-0.4, -0.2) is 22.1 Å². The van der Waals surface area contributed by atoms with Crippen LogP contribution in [0.2, 0.25) is 0 Å². The molecule has 0 spiro atoms. The zero-order chi connectivity index (χ0) is 17.6. The molecule has 5 heteroatoms. The van der Waals surface area contributed by atoms with Gasteiger partial charge in [-0.3, -0.25) is 9.59 Å². The summed E-state index contributed by atoms with van der Waals surface area (Å²) in [5.41, 5.74) is 7.76. The molecule has 4 rings (SSSR count). The molecular formula is C20H16N2O3. The summed E-state index contributed by atoms with van der Waals surface area (Å²) in [6.45, 7) is 0. The topological polar surface area (TPSA) is 96.2 Å². The van der Waals surface area contributed by atoms with Crippen molar-refractivity contribution >= 4 is 38.5 Å². The van der Waals surface area contributed by atoms with Crippen molar-refractivity contribution in [1.82, 2.24) is 4.98 Å². The molecule has 0 aliphatic carbocycles. The average molecular weight is 332 g/mol. The summed E-state index contributed by atoms with van der Waals surface area (Å²) >= 11 is 0. The van der Waals surface area contributed by atoms with Gasteiger partial charge in [-0.25, -0.2) is 0 Å². The largest absolute Gasteiger partial charge is 0.480 e. The molecule has 0 amide bonds. The number of nitrogens with two attached hydrogens (primary N) is 1. The number of H-pyrrole nitrogens is 1. The molecule has 3 aromatic carbocycles. The van der Waals surface area contributed by atoms with Gasteiger partial charge >= 0.3 is 5.97 Å². The van der Waals surface area contributed by atoms with Crippen molar-refractivity contribution in [3.8, 4) is 0 Å². The van der Waals surface area contributed by atoms with E-state index in [4.69, 9.17) is 10.8 Å². The van der Waals surface area contributed by atoms with E-state index in [1.807, 2.05) is 36.4 Å². The van der Waals surface area contributed by atoms with Gasteiger partial charge in [-0.15, -0.1) is 0 Å². The normalized spacial score (nSPS) is 12.7. The summed E-state index contributed by atoms with van der Waals surface area (Å²) in [5.74, 6) is -1.06. The second-order valence-electron chi connectivity index (χ2n) is 6.23. The van der Waals surface area contributed by atoms with E-state index in [-0.39, 0.29) is 11.8 Å². The number of nitrogens with one attached hydrogen (secondary N) is 1. The summed E-state index contributed by atoms with van der Waals surface area (Å²) < 4.78 is 0. The molecular weight excluding hydrogens is 316 g/mol. The van der Waals surface area contributed by atoms with Crippen LogP contribution in [0, 0.1) is 0 Å². The number of benzene rings is 3. The van der Waals surface area contributed by atoms with Crippen LogP contribution in [0.4, 0.5) is 0 Å². The van der Waals surface area contributed by atoms with Gasteiger partial charge in [0.15, 0.2) is 5.43 Å². The van der Waals surface area contributed by atoms with Crippen molar-refractivity contribution in [3.63, 3.8) is 0 Å². The van der Waals surface area contributed by atoms with E-state index in [2.05, 4.69) is 4.98 Å². The summed E-state index contributed by atoms with van der Waals surface area (Å²) in [4.78, 5) is 27.2. The van der Waals surface area contributed by atoms with Crippen molar-refractivity contribution in [2.24, 2.45) is 5.73 Å². The lowest BCUT2D eigenvalue weighted by molar-refractivity contribution is -0.138. The van der Waals surface area contributed by atoms with Gasteiger partial charge in [-0.05, 0) is 47.0 Å². The molecule has 124 valence electrons. The van der Waals surface area contributed by atoms with Crippen LogP contribution >= 0.6 is 0 Å². The molecule has 0 bridgehead atoms.